The second kappa shape index (κ2) is 12.1. The normalized spacial score (nSPS) is 18.3. The number of pyridine rings is 1. The number of aromatic nitrogens is 1. The number of hydrogen-bond acceptors (Lipinski definition) is 5. The summed E-state index contributed by atoms with van der Waals surface area (Å²) in [5, 5.41) is 6.77. The smallest absolute Gasteiger partial charge is 0.229 e. The van der Waals surface area contributed by atoms with Crippen LogP contribution >= 0.6 is 24.0 Å². The van der Waals surface area contributed by atoms with E-state index >= 15 is 0 Å². The minimum Gasteiger partial charge on any atom is -0.357 e. The lowest BCUT2D eigenvalue weighted by Gasteiger charge is -2.34. The SMILES string of the molecule is CCNC(=NCCN1C(=O)CCCC1=O)NC1CCN(c2cccc(C)n2)CC1.I. The molecule has 0 spiro atoms. The average molecular weight is 528 g/mol. The number of amides is 2. The molecule has 2 N–H and O–H groups in total. The monoisotopic (exact) mass is 528 g/mol. The Morgan fingerprint density at radius 1 is 1.20 bits per heavy atom. The summed E-state index contributed by atoms with van der Waals surface area (Å²) in [5.41, 5.74) is 1.04. The maximum atomic E-state index is 11.9. The molecule has 3 heterocycles. The second-order valence-corrected chi connectivity index (χ2v) is 7.60. The van der Waals surface area contributed by atoms with E-state index < -0.39 is 0 Å². The van der Waals surface area contributed by atoms with E-state index in [1.807, 2.05) is 19.9 Å². The van der Waals surface area contributed by atoms with Crippen molar-refractivity contribution in [3.8, 4) is 0 Å². The maximum absolute atomic E-state index is 11.9. The highest BCUT2D eigenvalue weighted by Crippen LogP contribution is 2.18. The average Bonchev–Trinajstić information content (AvgIpc) is 2.71. The Morgan fingerprint density at radius 2 is 1.90 bits per heavy atom. The fourth-order valence-electron chi connectivity index (χ4n) is 3.78. The van der Waals surface area contributed by atoms with Crippen molar-refractivity contribution in [3.05, 3.63) is 23.9 Å². The highest BCUT2D eigenvalue weighted by Gasteiger charge is 2.25. The fourth-order valence-corrected chi connectivity index (χ4v) is 3.78. The Bertz CT molecular complexity index is 733. The molecule has 2 aliphatic rings. The number of nitrogens with zero attached hydrogens (tertiary/aromatic N) is 4. The van der Waals surface area contributed by atoms with Gasteiger partial charge in [0, 0.05) is 50.8 Å². The third-order valence-corrected chi connectivity index (χ3v) is 5.35. The lowest BCUT2D eigenvalue weighted by Crippen LogP contribution is -2.49. The van der Waals surface area contributed by atoms with Crippen molar-refractivity contribution in [2.75, 3.05) is 37.6 Å². The van der Waals surface area contributed by atoms with Gasteiger partial charge in [0.25, 0.3) is 0 Å². The maximum Gasteiger partial charge on any atom is 0.229 e. The molecule has 30 heavy (non-hydrogen) atoms. The number of rotatable bonds is 6. The third kappa shape index (κ3) is 6.82. The Kier molecular flexibility index (Phi) is 9.80. The molecule has 0 saturated carbocycles. The van der Waals surface area contributed by atoms with Gasteiger partial charge in [-0.05, 0) is 45.2 Å². The molecule has 0 bridgehead atoms. The largest absolute Gasteiger partial charge is 0.357 e. The molecule has 3 rings (SSSR count). The molecule has 9 heteroatoms. The third-order valence-electron chi connectivity index (χ3n) is 5.35. The van der Waals surface area contributed by atoms with Gasteiger partial charge in [-0.15, -0.1) is 24.0 Å². The van der Waals surface area contributed by atoms with Crippen molar-refractivity contribution in [3.63, 3.8) is 0 Å². The number of guanidine groups is 1. The van der Waals surface area contributed by atoms with Crippen LogP contribution in [-0.4, -0.2) is 66.4 Å². The van der Waals surface area contributed by atoms with Gasteiger partial charge >= 0.3 is 0 Å². The van der Waals surface area contributed by atoms with Crippen molar-refractivity contribution in [2.45, 2.75) is 52.0 Å². The van der Waals surface area contributed by atoms with Crippen LogP contribution in [0, 0.1) is 6.92 Å². The van der Waals surface area contributed by atoms with Crippen LogP contribution in [0.1, 0.15) is 44.7 Å². The van der Waals surface area contributed by atoms with E-state index in [0.29, 0.717) is 38.4 Å². The summed E-state index contributed by atoms with van der Waals surface area (Å²) >= 11 is 0. The summed E-state index contributed by atoms with van der Waals surface area (Å²) in [6.45, 7) is 7.47. The summed E-state index contributed by atoms with van der Waals surface area (Å²) in [4.78, 5) is 36.7. The number of nitrogens with one attached hydrogen (secondary N) is 2. The minimum absolute atomic E-state index is 0. The lowest BCUT2D eigenvalue weighted by atomic mass is 10.1. The van der Waals surface area contributed by atoms with E-state index in [1.54, 1.807) is 0 Å². The molecule has 0 unspecified atom stereocenters. The van der Waals surface area contributed by atoms with Gasteiger partial charge in [0.15, 0.2) is 5.96 Å². The van der Waals surface area contributed by atoms with Crippen LogP contribution in [0.4, 0.5) is 5.82 Å². The lowest BCUT2D eigenvalue weighted by molar-refractivity contribution is -0.147. The van der Waals surface area contributed by atoms with Gasteiger partial charge in [0.2, 0.25) is 11.8 Å². The number of imide groups is 1. The van der Waals surface area contributed by atoms with Crippen molar-refractivity contribution >= 4 is 47.6 Å². The zero-order chi connectivity index (χ0) is 20.6. The number of likely N-dealkylation sites (tertiary alicyclic amines) is 1. The van der Waals surface area contributed by atoms with E-state index in [4.69, 9.17) is 0 Å². The first-order valence-electron chi connectivity index (χ1n) is 10.6. The van der Waals surface area contributed by atoms with Crippen molar-refractivity contribution in [1.82, 2.24) is 20.5 Å². The van der Waals surface area contributed by atoms with Gasteiger partial charge in [0.05, 0.1) is 6.54 Å². The summed E-state index contributed by atoms with van der Waals surface area (Å²) in [6, 6.07) is 6.47. The van der Waals surface area contributed by atoms with Crippen LogP contribution in [-0.2, 0) is 9.59 Å². The number of carbonyl (C=O) groups excluding carboxylic acids is 2. The topological polar surface area (TPSA) is 89.9 Å². The van der Waals surface area contributed by atoms with E-state index in [-0.39, 0.29) is 35.8 Å². The molecule has 2 saturated heterocycles. The fraction of sp³-hybridized carbons (Fsp3) is 0.619. The zero-order valence-corrected chi connectivity index (χ0v) is 20.2. The van der Waals surface area contributed by atoms with Gasteiger partial charge in [-0.1, -0.05) is 6.07 Å². The Labute approximate surface area is 195 Å². The molecule has 2 amide bonds. The number of hydrogen-bond donors (Lipinski definition) is 2. The van der Waals surface area contributed by atoms with Crippen molar-refractivity contribution in [1.29, 1.82) is 0 Å². The number of aryl methyl sites for hydroxylation is 1. The van der Waals surface area contributed by atoms with Gasteiger partial charge in [-0.3, -0.25) is 19.5 Å². The second-order valence-electron chi connectivity index (χ2n) is 7.60. The molecule has 166 valence electrons. The quantitative estimate of drug-likeness (QED) is 0.255. The van der Waals surface area contributed by atoms with Crippen molar-refractivity contribution in [2.24, 2.45) is 4.99 Å². The first-order chi connectivity index (χ1) is 14.1. The number of aliphatic imine (C=N–C) groups is 1. The summed E-state index contributed by atoms with van der Waals surface area (Å²) in [5.74, 6) is 1.63. The molecule has 0 aromatic carbocycles. The van der Waals surface area contributed by atoms with Crippen molar-refractivity contribution < 1.29 is 9.59 Å². The highest BCUT2D eigenvalue weighted by molar-refractivity contribution is 14.0. The Hall–Kier alpha value is -1.91. The van der Waals surface area contributed by atoms with Crippen LogP contribution in [0.25, 0.3) is 0 Å². The minimum atomic E-state index is -0.0773. The van der Waals surface area contributed by atoms with Crippen LogP contribution in [0.3, 0.4) is 0 Å². The summed E-state index contributed by atoms with van der Waals surface area (Å²) in [7, 11) is 0. The summed E-state index contributed by atoms with van der Waals surface area (Å²) < 4.78 is 0. The number of anilines is 1. The van der Waals surface area contributed by atoms with E-state index in [9.17, 15) is 9.59 Å². The molecule has 0 radical (unpaired) electrons. The highest BCUT2D eigenvalue weighted by atomic mass is 127. The van der Waals surface area contributed by atoms with Crippen LogP contribution in [0.15, 0.2) is 23.2 Å². The predicted octanol–water partition coefficient (Wildman–Crippen LogP) is 2.07. The van der Waals surface area contributed by atoms with E-state index in [2.05, 4.69) is 37.6 Å². The van der Waals surface area contributed by atoms with E-state index in [0.717, 1.165) is 49.9 Å². The Balaban J connectivity index is 0.00000320. The molecule has 0 atom stereocenters. The van der Waals surface area contributed by atoms with Crippen LogP contribution in [0.5, 0.6) is 0 Å². The first kappa shape index (κ1) is 24.4. The predicted molar refractivity (Wildman–Crippen MR) is 129 cm³/mol. The number of piperidine rings is 2. The van der Waals surface area contributed by atoms with Gasteiger partial charge < -0.3 is 15.5 Å². The van der Waals surface area contributed by atoms with E-state index in [1.165, 1.54) is 4.90 Å². The van der Waals surface area contributed by atoms with Crippen LogP contribution < -0.4 is 15.5 Å². The molecule has 2 aliphatic heterocycles. The molecule has 8 nitrogen and oxygen atoms in total. The van der Waals surface area contributed by atoms with Crippen LogP contribution in [0.2, 0.25) is 0 Å². The molecule has 2 fully saturated rings. The summed E-state index contributed by atoms with van der Waals surface area (Å²) in [6.07, 6.45) is 3.59. The Morgan fingerprint density at radius 3 is 2.53 bits per heavy atom. The molecule has 1 aromatic rings. The number of halogens is 1. The molecular formula is C21H33IN6O2. The standard InChI is InChI=1S/C21H32N6O2.HI/c1-3-22-21(23-12-15-27-19(28)8-5-9-20(27)29)25-17-10-13-26(14-11-17)18-7-4-6-16(2)24-18;/h4,6-7,17H,3,5,8-15H2,1-2H3,(H2,22,23,25);1H. The van der Waals surface area contributed by atoms with Gasteiger partial charge in [-0.2, -0.15) is 0 Å². The molecular weight excluding hydrogens is 495 g/mol. The zero-order valence-electron chi connectivity index (χ0n) is 17.9. The molecule has 0 aliphatic carbocycles. The first-order valence-corrected chi connectivity index (χ1v) is 10.6. The van der Waals surface area contributed by atoms with Gasteiger partial charge in [-0.25, -0.2) is 4.98 Å². The molecule has 1 aromatic heterocycles. The van der Waals surface area contributed by atoms with Gasteiger partial charge in [0.1, 0.15) is 5.82 Å². The number of carbonyl (C=O) groups is 2.